The van der Waals surface area contributed by atoms with Crippen molar-refractivity contribution in [1.82, 2.24) is 20.3 Å². The molecule has 132 valence electrons. The Morgan fingerprint density at radius 3 is 2.79 bits per heavy atom. The zero-order valence-electron chi connectivity index (χ0n) is 13.4. The van der Waals surface area contributed by atoms with Gasteiger partial charge in [0, 0.05) is 11.8 Å². The first kappa shape index (κ1) is 17.3. The standard InChI is InChI=1S/C14H21N4O5P/c1-24(2,22)6-23-13-10(18-8(4-19)12(13)20)7-3-15-11-9(7)16-5-17-14(11)21/h3,5,8,10,12-13,15,18-20H,4,6H2,1-2H3,(H,16,17,21)/t8-,10+,12-,13+/m1/s1. The van der Waals surface area contributed by atoms with Crippen molar-refractivity contribution >= 4 is 18.2 Å². The average molecular weight is 356 g/mol. The molecular formula is C14H21N4O5P. The van der Waals surface area contributed by atoms with Crippen molar-refractivity contribution in [3.8, 4) is 0 Å². The molecule has 0 amide bonds. The van der Waals surface area contributed by atoms with E-state index in [4.69, 9.17) is 4.74 Å². The van der Waals surface area contributed by atoms with E-state index in [2.05, 4.69) is 20.3 Å². The van der Waals surface area contributed by atoms with Crippen LogP contribution in [0.5, 0.6) is 0 Å². The highest BCUT2D eigenvalue weighted by atomic mass is 31.2. The third kappa shape index (κ3) is 3.18. The number of ether oxygens (including phenoxy) is 1. The number of fused-ring (bicyclic) bond motifs is 1. The van der Waals surface area contributed by atoms with E-state index in [0.717, 1.165) is 0 Å². The summed E-state index contributed by atoms with van der Waals surface area (Å²) in [5.41, 5.74) is 1.14. The van der Waals surface area contributed by atoms with Crippen molar-refractivity contribution in [2.24, 2.45) is 0 Å². The smallest absolute Gasteiger partial charge is 0.275 e. The summed E-state index contributed by atoms with van der Waals surface area (Å²) >= 11 is 0. The van der Waals surface area contributed by atoms with Crippen molar-refractivity contribution in [3.63, 3.8) is 0 Å². The predicted octanol–water partition coefficient (Wildman–Crippen LogP) is -0.417. The minimum Gasteiger partial charge on any atom is -0.395 e. The van der Waals surface area contributed by atoms with E-state index in [1.165, 1.54) is 6.33 Å². The predicted molar refractivity (Wildman–Crippen MR) is 88.7 cm³/mol. The van der Waals surface area contributed by atoms with E-state index in [1.807, 2.05) is 0 Å². The summed E-state index contributed by atoms with van der Waals surface area (Å²) in [6.45, 7) is 2.93. The molecule has 5 N–H and O–H groups in total. The summed E-state index contributed by atoms with van der Waals surface area (Å²) < 4.78 is 17.7. The molecule has 10 heteroatoms. The van der Waals surface area contributed by atoms with Gasteiger partial charge in [0.15, 0.2) is 0 Å². The molecule has 1 fully saturated rings. The molecule has 0 aliphatic carbocycles. The van der Waals surface area contributed by atoms with Gasteiger partial charge in [-0.1, -0.05) is 0 Å². The molecule has 3 heterocycles. The number of hydrogen-bond acceptors (Lipinski definition) is 7. The molecule has 0 spiro atoms. The number of aromatic nitrogens is 3. The van der Waals surface area contributed by atoms with Crippen molar-refractivity contribution in [3.05, 3.63) is 28.4 Å². The Labute approximate surface area is 137 Å². The minimum atomic E-state index is -2.43. The Kier molecular flexibility index (Phi) is 4.63. The molecule has 1 aliphatic heterocycles. The Hall–Kier alpha value is -1.51. The second-order valence-corrected chi connectivity index (χ2v) is 9.86. The summed E-state index contributed by atoms with van der Waals surface area (Å²) in [5.74, 6) is 0. The van der Waals surface area contributed by atoms with E-state index >= 15 is 0 Å². The van der Waals surface area contributed by atoms with Gasteiger partial charge >= 0.3 is 0 Å². The monoisotopic (exact) mass is 356 g/mol. The lowest BCUT2D eigenvalue weighted by atomic mass is 10.0. The number of hydrogen-bond donors (Lipinski definition) is 5. The maximum Gasteiger partial charge on any atom is 0.275 e. The highest BCUT2D eigenvalue weighted by Gasteiger charge is 2.44. The van der Waals surface area contributed by atoms with E-state index in [0.29, 0.717) is 16.6 Å². The number of aliphatic hydroxyl groups is 2. The highest BCUT2D eigenvalue weighted by molar-refractivity contribution is 7.62. The van der Waals surface area contributed by atoms with Gasteiger partial charge in [-0.25, -0.2) is 4.98 Å². The number of aromatic amines is 2. The Morgan fingerprint density at radius 1 is 1.38 bits per heavy atom. The second kappa shape index (κ2) is 6.42. The first-order valence-corrected chi connectivity index (χ1v) is 10.4. The maximum atomic E-state index is 11.9. The molecule has 4 atom stereocenters. The van der Waals surface area contributed by atoms with Gasteiger partial charge in [0.2, 0.25) is 0 Å². The number of aliphatic hydroxyl groups excluding tert-OH is 2. The normalized spacial score (nSPS) is 27.8. The maximum absolute atomic E-state index is 11.9. The van der Waals surface area contributed by atoms with Crippen LogP contribution in [0.25, 0.3) is 11.0 Å². The van der Waals surface area contributed by atoms with Gasteiger partial charge in [0.25, 0.3) is 5.56 Å². The second-order valence-electron chi connectivity index (χ2n) is 6.46. The summed E-state index contributed by atoms with van der Waals surface area (Å²) in [6, 6.07) is -1.08. The third-order valence-corrected chi connectivity index (χ3v) is 4.85. The van der Waals surface area contributed by atoms with E-state index in [9.17, 15) is 19.6 Å². The summed E-state index contributed by atoms with van der Waals surface area (Å²) in [6.07, 6.45) is 1.26. The largest absolute Gasteiger partial charge is 0.395 e. The fourth-order valence-electron chi connectivity index (χ4n) is 2.95. The molecular weight excluding hydrogens is 335 g/mol. The Balaban J connectivity index is 1.97. The Bertz CT molecular complexity index is 828. The van der Waals surface area contributed by atoms with Crippen LogP contribution in [0.15, 0.2) is 17.3 Å². The van der Waals surface area contributed by atoms with Crippen molar-refractivity contribution in [1.29, 1.82) is 0 Å². The molecule has 1 aliphatic rings. The molecule has 24 heavy (non-hydrogen) atoms. The van der Waals surface area contributed by atoms with Crippen LogP contribution in [0.3, 0.4) is 0 Å². The van der Waals surface area contributed by atoms with Crippen LogP contribution in [0.2, 0.25) is 0 Å². The fraction of sp³-hybridized carbons (Fsp3) is 0.571. The molecule has 2 aromatic heterocycles. The van der Waals surface area contributed by atoms with E-state index in [-0.39, 0.29) is 18.5 Å². The molecule has 3 rings (SSSR count). The van der Waals surface area contributed by atoms with Crippen molar-refractivity contribution in [2.75, 3.05) is 26.3 Å². The van der Waals surface area contributed by atoms with Gasteiger partial charge in [0.05, 0.1) is 37.5 Å². The average Bonchev–Trinajstić information content (AvgIpc) is 3.06. The number of nitrogens with zero attached hydrogens (tertiary/aromatic N) is 1. The number of nitrogens with one attached hydrogen (secondary N) is 3. The van der Waals surface area contributed by atoms with Crippen LogP contribution >= 0.6 is 7.14 Å². The van der Waals surface area contributed by atoms with Crippen LogP contribution in [0.1, 0.15) is 11.6 Å². The van der Waals surface area contributed by atoms with Gasteiger partial charge in [0.1, 0.15) is 24.3 Å². The molecule has 0 unspecified atom stereocenters. The van der Waals surface area contributed by atoms with Gasteiger partial charge in [-0.05, 0) is 13.3 Å². The molecule has 0 radical (unpaired) electrons. The zero-order valence-corrected chi connectivity index (χ0v) is 14.3. The molecule has 0 saturated carbocycles. The van der Waals surface area contributed by atoms with Gasteiger partial charge in [-0.15, -0.1) is 0 Å². The lowest BCUT2D eigenvalue weighted by Gasteiger charge is -2.23. The quantitative estimate of drug-likeness (QED) is 0.458. The van der Waals surface area contributed by atoms with Crippen LogP contribution in [-0.2, 0) is 9.30 Å². The fourth-order valence-corrected chi connectivity index (χ4v) is 3.48. The minimum absolute atomic E-state index is 0.0153. The van der Waals surface area contributed by atoms with Gasteiger partial charge < -0.3 is 34.8 Å². The lowest BCUT2D eigenvalue weighted by Crippen LogP contribution is -2.36. The Morgan fingerprint density at radius 2 is 2.12 bits per heavy atom. The van der Waals surface area contributed by atoms with Crippen LogP contribution in [0, 0.1) is 0 Å². The van der Waals surface area contributed by atoms with Gasteiger partial charge in [-0.3, -0.25) is 4.79 Å². The van der Waals surface area contributed by atoms with Crippen LogP contribution < -0.4 is 10.9 Å². The van der Waals surface area contributed by atoms with Crippen molar-refractivity contribution in [2.45, 2.75) is 24.3 Å². The third-order valence-electron chi connectivity index (χ3n) is 4.08. The molecule has 0 aromatic carbocycles. The lowest BCUT2D eigenvalue weighted by molar-refractivity contribution is -0.0176. The SMILES string of the molecule is CP(C)(=O)CO[C@@H]1[C@H](O)[C@@H](CO)N[C@H]1c1c[nH]c2c(=O)[nH]cnc12. The molecule has 1 saturated heterocycles. The highest BCUT2D eigenvalue weighted by Crippen LogP contribution is 2.39. The molecule has 9 nitrogen and oxygen atoms in total. The summed E-state index contributed by atoms with van der Waals surface area (Å²) in [4.78, 5) is 21.4. The first-order valence-electron chi connectivity index (χ1n) is 7.57. The zero-order chi connectivity index (χ0) is 17.5. The van der Waals surface area contributed by atoms with E-state index in [1.54, 1.807) is 19.5 Å². The molecule has 2 aromatic rings. The van der Waals surface area contributed by atoms with E-state index < -0.39 is 31.4 Å². The van der Waals surface area contributed by atoms with Crippen LogP contribution in [-0.4, -0.2) is 69.7 Å². The van der Waals surface area contributed by atoms with Crippen molar-refractivity contribution < 1.29 is 19.5 Å². The summed E-state index contributed by atoms with van der Waals surface area (Å²) in [7, 11) is -2.43. The molecule has 0 bridgehead atoms. The van der Waals surface area contributed by atoms with Crippen LogP contribution in [0.4, 0.5) is 0 Å². The van der Waals surface area contributed by atoms with Gasteiger partial charge in [-0.2, -0.15) is 0 Å². The summed E-state index contributed by atoms with van der Waals surface area (Å²) in [5, 5.41) is 23.0. The topological polar surface area (TPSA) is 140 Å². The first-order chi connectivity index (χ1) is 11.3. The number of H-pyrrole nitrogens is 2. The number of rotatable bonds is 5.